The molecule has 0 aliphatic rings. The molecule has 0 saturated heterocycles. The van der Waals surface area contributed by atoms with Crippen molar-refractivity contribution < 1.29 is 41.4 Å². The van der Waals surface area contributed by atoms with Crippen LogP contribution < -0.4 is 15.5 Å². The van der Waals surface area contributed by atoms with E-state index in [0.717, 1.165) is 17.4 Å². The topological polar surface area (TPSA) is 111 Å². The summed E-state index contributed by atoms with van der Waals surface area (Å²) in [5, 5.41) is 33.4. The first-order valence-electron chi connectivity index (χ1n) is 7.12. The average molecular weight is 437 g/mol. The van der Waals surface area contributed by atoms with Gasteiger partial charge in [0, 0.05) is 37.0 Å². The van der Waals surface area contributed by atoms with Gasteiger partial charge in [0.05, 0.1) is 5.69 Å². The molecular formula is C17H17Cl2NO5V-2. The van der Waals surface area contributed by atoms with Gasteiger partial charge in [-0.2, -0.15) is 0 Å². The molecule has 0 spiro atoms. The van der Waals surface area contributed by atoms with Crippen LogP contribution in [0, 0.1) is 0 Å². The average Bonchev–Trinajstić information content (AvgIpc) is 2.58. The van der Waals surface area contributed by atoms with E-state index in [9.17, 15) is 15.5 Å². The van der Waals surface area contributed by atoms with Gasteiger partial charge in [0.25, 0.3) is 0 Å². The zero-order chi connectivity index (χ0) is 20.3. The predicted molar refractivity (Wildman–Crippen MR) is 91.7 cm³/mol. The molecule has 0 aliphatic heterocycles. The van der Waals surface area contributed by atoms with E-state index in [-0.39, 0.29) is 22.8 Å². The summed E-state index contributed by atoms with van der Waals surface area (Å²) < 4.78 is 8.19. The molecule has 0 aliphatic carbocycles. The molecule has 2 aromatic rings. The van der Waals surface area contributed by atoms with Gasteiger partial charge in [0.1, 0.15) is 0 Å². The van der Waals surface area contributed by atoms with E-state index in [2.05, 4.69) is 9.88 Å². The summed E-state index contributed by atoms with van der Waals surface area (Å²) in [6.07, 6.45) is 1.32. The van der Waals surface area contributed by atoms with Crippen molar-refractivity contribution in [3.63, 3.8) is 0 Å². The van der Waals surface area contributed by atoms with Crippen LogP contribution in [-0.2, 0) is 21.0 Å². The van der Waals surface area contributed by atoms with Crippen LogP contribution >= 0.6 is 23.2 Å². The van der Waals surface area contributed by atoms with E-state index in [0.29, 0.717) is 15.6 Å². The van der Waals surface area contributed by atoms with E-state index in [1.807, 2.05) is 0 Å². The van der Waals surface area contributed by atoms with Gasteiger partial charge < -0.3 is 20.4 Å². The molecule has 141 valence electrons. The number of nitrogens with zero attached hydrogens (tertiary/aromatic N) is 1. The Balaban J connectivity index is 0.000000667. The molecule has 0 fully saturated rings. The Bertz CT molecular complexity index is 736. The maximum absolute atomic E-state index is 11.5. The van der Waals surface area contributed by atoms with Crippen LogP contribution in [0.2, 0.25) is 10.0 Å². The quantitative estimate of drug-likeness (QED) is 0.311. The fourth-order valence-electron chi connectivity index (χ4n) is 1.35. The van der Waals surface area contributed by atoms with Crippen molar-refractivity contribution >= 4 is 35.1 Å². The van der Waals surface area contributed by atoms with Gasteiger partial charge in [-0.1, -0.05) is 40.8 Å². The van der Waals surface area contributed by atoms with Crippen LogP contribution in [0.4, 0.5) is 5.69 Å². The molecule has 0 unspecified atom stereocenters. The summed E-state index contributed by atoms with van der Waals surface area (Å²) in [6, 6.07) is 8.67. The Morgan fingerprint density at radius 3 is 2.00 bits per heavy atom. The zero-order valence-electron chi connectivity index (χ0n) is 14.3. The normalized spacial score (nSPS) is 10.5. The Labute approximate surface area is 171 Å². The first-order chi connectivity index (χ1) is 12.1. The molecule has 0 radical (unpaired) electrons. The number of aliphatic hydroxyl groups is 1. The third kappa shape index (κ3) is 9.92. The van der Waals surface area contributed by atoms with E-state index in [1.165, 1.54) is 36.5 Å². The standard InChI is InChI=1S/C13H9Cl2NO2.C4H10O2.O.V/c14-9-2-4-12(17)8(5-9)7-16-11-3-1-10(15)6-13(11)18;1-4(2,3)6-5;;/h1-7,17-18H;6H,1-3H3;;/p-2. The number of aliphatic imine (C=N–C) groups is 1. The number of rotatable bonds is 2. The fraction of sp³-hybridized carbons (Fsp3) is 0.235. The van der Waals surface area contributed by atoms with Crippen molar-refractivity contribution in [1.29, 1.82) is 0 Å². The van der Waals surface area contributed by atoms with Crippen LogP contribution in [-0.4, -0.2) is 16.7 Å². The van der Waals surface area contributed by atoms with Crippen molar-refractivity contribution in [1.82, 2.24) is 0 Å². The first kappa shape index (κ1) is 24.6. The summed E-state index contributed by atoms with van der Waals surface area (Å²) in [5.41, 5.74) is 0.163. The number of benzene rings is 2. The fourth-order valence-corrected chi connectivity index (χ4v) is 1.70. The van der Waals surface area contributed by atoms with Crippen LogP contribution in [0.5, 0.6) is 11.5 Å². The third-order valence-corrected chi connectivity index (χ3v) is 2.98. The molecule has 0 aromatic heterocycles. The summed E-state index contributed by atoms with van der Waals surface area (Å²) in [6.45, 7) is 5.29. The third-order valence-electron chi connectivity index (χ3n) is 2.51. The van der Waals surface area contributed by atoms with E-state index < -0.39 is 0 Å². The molecule has 2 rings (SSSR count). The van der Waals surface area contributed by atoms with Crippen molar-refractivity contribution in [2.24, 2.45) is 4.99 Å². The molecule has 0 heterocycles. The predicted octanol–water partition coefficient (Wildman–Crippen LogP) is 2.36. The molecule has 0 bridgehead atoms. The van der Waals surface area contributed by atoms with E-state index >= 15 is 0 Å². The van der Waals surface area contributed by atoms with Gasteiger partial charge >= 0.3 is 21.0 Å². The molecule has 0 amide bonds. The minimum absolute atomic E-state index is 0.204. The zero-order valence-corrected chi connectivity index (χ0v) is 17.2. The van der Waals surface area contributed by atoms with Crippen molar-refractivity contribution in [2.75, 3.05) is 0 Å². The summed E-state index contributed by atoms with van der Waals surface area (Å²) in [7, 11) is 0. The van der Waals surface area contributed by atoms with Gasteiger partial charge in [-0.05, 0) is 35.9 Å². The second-order valence-electron chi connectivity index (χ2n) is 5.81. The summed E-state index contributed by atoms with van der Waals surface area (Å²) in [5.74, 6) is -0.502. The van der Waals surface area contributed by atoms with E-state index in [4.69, 9.17) is 26.9 Å². The van der Waals surface area contributed by atoms with Crippen LogP contribution in [0.15, 0.2) is 41.4 Å². The molecule has 0 atom stereocenters. The van der Waals surface area contributed by atoms with Gasteiger partial charge in [-0.3, -0.25) is 4.99 Å². The second kappa shape index (κ2) is 12.1. The van der Waals surface area contributed by atoms with Crippen LogP contribution in [0.1, 0.15) is 26.3 Å². The van der Waals surface area contributed by atoms with Gasteiger partial charge in [0.15, 0.2) is 5.60 Å². The van der Waals surface area contributed by atoms with Crippen molar-refractivity contribution in [3.05, 3.63) is 52.0 Å². The number of hydrogen-bond donors (Lipinski definition) is 0. The summed E-state index contributed by atoms with van der Waals surface area (Å²) in [4.78, 5) is 6.74. The minimum atomic E-state index is -0.389. The van der Waals surface area contributed by atoms with E-state index in [1.54, 1.807) is 26.8 Å². The van der Waals surface area contributed by atoms with Crippen LogP contribution in [0.25, 0.3) is 0 Å². The molecule has 0 saturated carbocycles. The molecule has 1 N–H and O–H groups in total. The van der Waals surface area contributed by atoms with Crippen LogP contribution in [0.3, 0.4) is 0 Å². The summed E-state index contributed by atoms with van der Waals surface area (Å²) >= 11 is 12.5. The Kier molecular flexibility index (Phi) is 11.4. The Hall–Kier alpha value is -1.41. The molecular weight excluding hydrogens is 420 g/mol. The SMILES string of the molecule is CC(C)(C)[OH+][O-].[O-]c1ccc(Cl)cc1C=Nc1ccc(Cl)cc1[O-].[O]=[V]. The Morgan fingerprint density at radius 1 is 1.00 bits per heavy atom. The monoisotopic (exact) mass is 436 g/mol. The van der Waals surface area contributed by atoms with Gasteiger partial charge in [0.2, 0.25) is 0 Å². The molecule has 6 nitrogen and oxygen atoms in total. The molecule has 2 aromatic carbocycles. The number of hydrogen-bond acceptors (Lipinski definition) is 5. The Morgan fingerprint density at radius 2 is 1.50 bits per heavy atom. The van der Waals surface area contributed by atoms with Gasteiger partial charge in [-0.15, -0.1) is 0 Å². The number of halogens is 2. The molecule has 26 heavy (non-hydrogen) atoms. The van der Waals surface area contributed by atoms with Crippen molar-refractivity contribution in [2.45, 2.75) is 26.4 Å². The van der Waals surface area contributed by atoms with Gasteiger partial charge in [-0.25, -0.2) is 0 Å². The second-order valence-corrected chi connectivity index (χ2v) is 6.69. The molecule has 9 heteroatoms. The first-order valence-corrected chi connectivity index (χ1v) is 8.45. The van der Waals surface area contributed by atoms with Crippen molar-refractivity contribution in [3.8, 4) is 11.5 Å². The maximum atomic E-state index is 11.5.